The standard InChI is InChI=1S/C20H19FN2O3/c1-25-17-9-7-15(8-10-17)19-13-18(23-26-19)20(24)22-11-3-5-14-4-2-6-16(21)12-14/h2,4,6-10,12-13H,3,5,11H2,1H3,(H,22,24). The molecule has 0 atom stereocenters. The van der Waals surface area contributed by atoms with Gasteiger partial charge in [-0.3, -0.25) is 4.79 Å². The highest BCUT2D eigenvalue weighted by Gasteiger charge is 2.13. The number of hydrogen-bond donors (Lipinski definition) is 1. The third kappa shape index (κ3) is 4.47. The van der Waals surface area contributed by atoms with Gasteiger partial charge in [0.25, 0.3) is 5.91 Å². The summed E-state index contributed by atoms with van der Waals surface area (Å²) in [6, 6.07) is 15.3. The second kappa shape index (κ2) is 8.29. The van der Waals surface area contributed by atoms with Crippen molar-refractivity contribution in [3.8, 4) is 17.1 Å². The van der Waals surface area contributed by atoms with E-state index in [2.05, 4.69) is 10.5 Å². The zero-order valence-electron chi connectivity index (χ0n) is 14.4. The first-order valence-corrected chi connectivity index (χ1v) is 8.29. The zero-order valence-corrected chi connectivity index (χ0v) is 14.4. The predicted molar refractivity (Wildman–Crippen MR) is 95.5 cm³/mol. The Bertz CT molecular complexity index is 875. The van der Waals surface area contributed by atoms with Gasteiger partial charge in [0.2, 0.25) is 0 Å². The van der Waals surface area contributed by atoms with Crippen LogP contribution in [0.1, 0.15) is 22.5 Å². The summed E-state index contributed by atoms with van der Waals surface area (Å²) in [5.74, 6) is 0.704. The van der Waals surface area contributed by atoms with Gasteiger partial charge in [0.1, 0.15) is 11.6 Å². The molecule has 2 aromatic carbocycles. The van der Waals surface area contributed by atoms with Crippen LogP contribution in [-0.4, -0.2) is 24.7 Å². The summed E-state index contributed by atoms with van der Waals surface area (Å²) >= 11 is 0. The van der Waals surface area contributed by atoms with E-state index in [0.717, 1.165) is 16.9 Å². The van der Waals surface area contributed by atoms with Crippen LogP contribution in [0.3, 0.4) is 0 Å². The van der Waals surface area contributed by atoms with Crippen LogP contribution in [0.5, 0.6) is 5.75 Å². The molecule has 0 unspecified atom stereocenters. The minimum atomic E-state index is -0.298. The molecule has 0 aliphatic heterocycles. The number of carbonyl (C=O) groups is 1. The summed E-state index contributed by atoms with van der Waals surface area (Å²) in [6.45, 7) is 0.472. The Kier molecular flexibility index (Phi) is 5.63. The number of rotatable bonds is 7. The Morgan fingerprint density at radius 2 is 2.00 bits per heavy atom. The monoisotopic (exact) mass is 354 g/mol. The first-order chi connectivity index (χ1) is 12.7. The number of aromatic nitrogens is 1. The Labute approximate surface area is 150 Å². The fraction of sp³-hybridized carbons (Fsp3) is 0.200. The molecule has 1 heterocycles. The molecule has 0 aliphatic rings. The van der Waals surface area contributed by atoms with Gasteiger partial charge in [-0.25, -0.2) is 4.39 Å². The van der Waals surface area contributed by atoms with Crippen LogP contribution >= 0.6 is 0 Å². The number of aryl methyl sites for hydroxylation is 1. The molecule has 1 N–H and O–H groups in total. The third-order valence-corrected chi connectivity index (χ3v) is 3.93. The number of ether oxygens (including phenoxy) is 1. The molecule has 0 fully saturated rings. The number of amides is 1. The van der Waals surface area contributed by atoms with Crippen LogP contribution in [0.4, 0.5) is 4.39 Å². The first kappa shape index (κ1) is 17.7. The van der Waals surface area contributed by atoms with Gasteiger partial charge in [0.05, 0.1) is 7.11 Å². The normalized spacial score (nSPS) is 10.5. The van der Waals surface area contributed by atoms with Gasteiger partial charge in [-0.1, -0.05) is 17.3 Å². The lowest BCUT2D eigenvalue weighted by Crippen LogP contribution is -2.25. The van der Waals surface area contributed by atoms with E-state index in [0.29, 0.717) is 25.1 Å². The summed E-state index contributed by atoms with van der Waals surface area (Å²) in [7, 11) is 1.60. The van der Waals surface area contributed by atoms with Crippen LogP contribution in [0.2, 0.25) is 0 Å². The van der Waals surface area contributed by atoms with Gasteiger partial charge in [-0.15, -0.1) is 0 Å². The summed E-state index contributed by atoms with van der Waals surface area (Å²) in [4.78, 5) is 12.1. The van der Waals surface area contributed by atoms with Gasteiger partial charge in [0.15, 0.2) is 11.5 Å². The van der Waals surface area contributed by atoms with Gasteiger partial charge in [0, 0.05) is 18.2 Å². The molecule has 0 bridgehead atoms. The van der Waals surface area contributed by atoms with E-state index in [9.17, 15) is 9.18 Å². The minimum absolute atomic E-state index is 0.224. The maximum Gasteiger partial charge on any atom is 0.273 e. The van der Waals surface area contributed by atoms with Crippen LogP contribution in [0, 0.1) is 5.82 Å². The molecular weight excluding hydrogens is 335 g/mol. The number of nitrogens with one attached hydrogen (secondary N) is 1. The molecule has 5 nitrogen and oxygen atoms in total. The van der Waals surface area contributed by atoms with Crippen LogP contribution in [0.15, 0.2) is 59.1 Å². The molecule has 134 valence electrons. The summed E-state index contributed by atoms with van der Waals surface area (Å²) in [6.07, 6.45) is 1.40. The number of hydrogen-bond acceptors (Lipinski definition) is 4. The molecule has 0 saturated carbocycles. The molecular formula is C20H19FN2O3. The maximum absolute atomic E-state index is 13.1. The Hall–Kier alpha value is -3.15. The highest BCUT2D eigenvalue weighted by Crippen LogP contribution is 2.23. The number of carbonyl (C=O) groups excluding carboxylic acids is 1. The van der Waals surface area contributed by atoms with Crippen molar-refractivity contribution < 1.29 is 18.4 Å². The molecule has 3 aromatic rings. The van der Waals surface area contributed by atoms with Gasteiger partial charge < -0.3 is 14.6 Å². The topological polar surface area (TPSA) is 64.4 Å². The maximum atomic E-state index is 13.1. The van der Waals surface area contributed by atoms with Gasteiger partial charge in [-0.2, -0.15) is 0 Å². The summed E-state index contributed by atoms with van der Waals surface area (Å²) in [5, 5.41) is 6.61. The molecule has 6 heteroatoms. The zero-order chi connectivity index (χ0) is 18.4. The van der Waals surface area contributed by atoms with Crippen LogP contribution in [-0.2, 0) is 6.42 Å². The van der Waals surface area contributed by atoms with Crippen molar-refractivity contribution in [1.29, 1.82) is 0 Å². The Morgan fingerprint density at radius 3 is 2.73 bits per heavy atom. The van der Waals surface area contributed by atoms with E-state index in [1.54, 1.807) is 19.2 Å². The molecule has 0 spiro atoms. The molecule has 26 heavy (non-hydrogen) atoms. The molecule has 0 radical (unpaired) electrons. The van der Waals surface area contributed by atoms with E-state index >= 15 is 0 Å². The lowest BCUT2D eigenvalue weighted by molar-refractivity contribution is 0.0944. The van der Waals surface area contributed by atoms with Crippen molar-refractivity contribution in [3.63, 3.8) is 0 Å². The van der Waals surface area contributed by atoms with Crippen molar-refractivity contribution in [1.82, 2.24) is 10.5 Å². The van der Waals surface area contributed by atoms with Crippen molar-refractivity contribution in [3.05, 3.63) is 71.7 Å². The van der Waals surface area contributed by atoms with Crippen molar-refractivity contribution in [2.45, 2.75) is 12.8 Å². The van der Waals surface area contributed by atoms with Crippen molar-refractivity contribution in [2.75, 3.05) is 13.7 Å². The summed E-state index contributed by atoms with van der Waals surface area (Å²) < 4.78 is 23.5. The van der Waals surface area contributed by atoms with E-state index < -0.39 is 0 Å². The van der Waals surface area contributed by atoms with Gasteiger partial charge in [-0.05, 0) is 54.8 Å². The molecule has 0 aliphatic carbocycles. The largest absolute Gasteiger partial charge is 0.497 e. The average Bonchev–Trinajstić information content (AvgIpc) is 3.15. The third-order valence-electron chi connectivity index (χ3n) is 3.93. The number of benzene rings is 2. The minimum Gasteiger partial charge on any atom is -0.497 e. The summed E-state index contributed by atoms with van der Waals surface area (Å²) in [5.41, 5.74) is 1.94. The SMILES string of the molecule is COc1ccc(-c2cc(C(=O)NCCCc3cccc(F)c3)no2)cc1. The lowest BCUT2D eigenvalue weighted by Gasteiger charge is -2.03. The van der Waals surface area contributed by atoms with E-state index in [-0.39, 0.29) is 17.4 Å². The fourth-order valence-electron chi connectivity index (χ4n) is 2.55. The van der Waals surface area contributed by atoms with E-state index in [1.165, 1.54) is 12.1 Å². The highest BCUT2D eigenvalue weighted by atomic mass is 19.1. The first-order valence-electron chi connectivity index (χ1n) is 8.29. The van der Waals surface area contributed by atoms with Crippen LogP contribution in [0.25, 0.3) is 11.3 Å². The average molecular weight is 354 g/mol. The predicted octanol–water partition coefficient (Wildman–Crippen LogP) is 3.85. The number of halogens is 1. The Balaban J connectivity index is 1.51. The fourth-order valence-corrected chi connectivity index (χ4v) is 2.55. The number of nitrogens with zero attached hydrogens (tertiary/aromatic N) is 1. The van der Waals surface area contributed by atoms with Crippen LogP contribution < -0.4 is 10.1 Å². The molecule has 1 aromatic heterocycles. The quantitative estimate of drug-likeness (QED) is 0.655. The van der Waals surface area contributed by atoms with E-state index in [1.807, 2.05) is 30.3 Å². The molecule has 3 rings (SSSR count). The molecule has 1 amide bonds. The second-order valence-electron chi connectivity index (χ2n) is 5.79. The smallest absolute Gasteiger partial charge is 0.273 e. The van der Waals surface area contributed by atoms with Gasteiger partial charge >= 0.3 is 0 Å². The highest BCUT2D eigenvalue weighted by molar-refractivity contribution is 5.93. The lowest BCUT2D eigenvalue weighted by atomic mass is 10.1. The van der Waals surface area contributed by atoms with Crippen molar-refractivity contribution >= 4 is 5.91 Å². The molecule has 0 saturated heterocycles. The van der Waals surface area contributed by atoms with E-state index in [4.69, 9.17) is 9.26 Å². The Morgan fingerprint density at radius 1 is 1.19 bits per heavy atom. The van der Waals surface area contributed by atoms with Crippen molar-refractivity contribution in [2.24, 2.45) is 0 Å². The number of methoxy groups -OCH3 is 1. The second-order valence-corrected chi connectivity index (χ2v) is 5.79.